The molecule has 6 nitrogen and oxygen atoms in total. The average Bonchev–Trinajstić information content (AvgIpc) is 2.98. The van der Waals surface area contributed by atoms with Gasteiger partial charge in [-0.1, -0.05) is 24.3 Å². The molecule has 2 aromatic rings. The Morgan fingerprint density at radius 3 is 1.12 bits per heavy atom. The minimum absolute atomic E-state index is 0.763. The molecule has 0 amide bonds. The van der Waals surface area contributed by atoms with Crippen molar-refractivity contribution in [1.82, 2.24) is 0 Å². The van der Waals surface area contributed by atoms with Crippen LogP contribution in [-0.4, -0.2) is 52.7 Å². The van der Waals surface area contributed by atoms with Gasteiger partial charge in [0.2, 0.25) is 0 Å². The van der Waals surface area contributed by atoms with Crippen molar-refractivity contribution in [2.24, 2.45) is 11.5 Å². The molecule has 40 heavy (non-hydrogen) atoms. The van der Waals surface area contributed by atoms with E-state index in [4.69, 9.17) is 30.4 Å². The maximum absolute atomic E-state index is 5.92. The van der Waals surface area contributed by atoms with E-state index in [1.807, 2.05) is 0 Å². The summed E-state index contributed by atoms with van der Waals surface area (Å²) >= 11 is 0. The van der Waals surface area contributed by atoms with Crippen LogP contribution in [-0.2, 0) is 22.3 Å². The first-order chi connectivity index (χ1) is 19.8. The Labute approximate surface area is 244 Å². The molecule has 0 spiro atoms. The van der Waals surface area contributed by atoms with Crippen molar-refractivity contribution >= 4 is 0 Å². The lowest BCUT2D eigenvalue weighted by atomic mass is 10.1. The molecule has 6 heteroatoms. The van der Waals surface area contributed by atoms with Crippen LogP contribution in [0.2, 0.25) is 0 Å². The summed E-state index contributed by atoms with van der Waals surface area (Å²) in [5, 5.41) is 0. The molecule has 0 unspecified atom stereocenters. The maximum atomic E-state index is 5.92. The average molecular weight is 557 g/mol. The molecular formula is C34H56N2O4. The number of rotatable bonds is 27. The van der Waals surface area contributed by atoms with Crippen molar-refractivity contribution < 1.29 is 18.9 Å². The highest BCUT2D eigenvalue weighted by Crippen LogP contribution is 2.16. The quantitative estimate of drug-likeness (QED) is 0.117. The van der Waals surface area contributed by atoms with Crippen LogP contribution in [0.25, 0.3) is 0 Å². The lowest BCUT2D eigenvalue weighted by molar-refractivity contribution is 0.128. The van der Waals surface area contributed by atoms with Gasteiger partial charge in [-0.05, 0) is 138 Å². The first-order valence-electron chi connectivity index (χ1n) is 15.8. The molecule has 4 N–H and O–H groups in total. The Kier molecular flexibility index (Phi) is 21.0. The summed E-state index contributed by atoms with van der Waals surface area (Å²) in [7, 11) is 0. The third kappa shape index (κ3) is 18.3. The van der Waals surface area contributed by atoms with E-state index >= 15 is 0 Å². The molecule has 0 aliphatic carbocycles. The van der Waals surface area contributed by atoms with Gasteiger partial charge in [0.1, 0.15) is 11.5 Å². The lowest BCUT2D eigenvalue weighted by Gasteiger charge is -2.09. The number of aryl methyl sites for hydroxylation is 2. The highest BCUT2D eigenvalue weighted by molar-refractivity contribution is 5.28. The summed E-state index contributed by atoms with van der Waals surface area (Å²) in [6.45, 7) is 6.43. The summed E-state index contributed by atoms with van der Waals surface area (Å²) in [6.07, 6.45) is 15.4. The van der Waals surface area contributed by atoms with Gasteiger partial charge in [0.15, 0.2) is 0 Å². The van der Waals surface area contributed by atoms with Crippen molar-refractivity contribution in [1.29, 1.82) is 0 Å². The molecule has 0 radical (unpaired) electrons. The van der Waals surface area contributed by atoms with Gasteiger partial charge in [0.25, 0.3) is 0 Å². The van der Waals surface area contributed by atoms with Gasteiger partial charge in [0.05, 0.1) is 13.2 Å². The lowest BCUT2D eigenvalue weighted by Crippen LogP contribution is -2.02. The van der Waals surface area contributed by atoms with Crippen LogP contribution in [0, 0.1) is 0 Å². The summed E-state index contributed by atoms with van der Waals surface area (Å²) in [6, 6.07) is 17.0. The molecule has 0 aliphatic heterocycles. The zero-order valence-electron chi connectivity index (χ0n) is 25.0. The number of hydrogen-bond acceptors (Lipinski definition) is 6. The van der Waals surface area contributed by atoms with E-state index in [9.17, 15) is 0 Å². The Hall–Kier alpha value is -2.12. The SMILES string of the molecule is NCCCCCOCCCc1ccc(OCCCCCCOc2ccc(CCCOCCCCCN)cc2)cc1. The Balaban J connectivity index is 1.40. The van der Waals surface area contributed by atoms with E-state index in [2.05, 4.69) is 48.5 Å². The second kappa shape index (κ2) is 24.7. The molecule has 0 heterocycles. The van der Waals surface area contributed by atoms with Gasteiger partial charge in [-0.15, -0.1) is 0 Å². The van der Waals surface area contributed by atoms with Crippen LogP contribution in [0.1, 0.15) is 88.2 Å². The fourth-order valence-electron chi connectivity index (χ4n) is 4.45. The van der Waals surface area contributed by atoms with Crippen LogP contribution in [0.15, 0.2) is 48.5 Å². The highest BCUT2D eigenvalue weighted by atomic mass is 16.5. The smallest absolute Gasteiger partial charge is 0.119 e. The minimum atomic E-state index is 0.763. The zero-order valence-corrected chi connectivity index (χ0v) is 25.0. The molecule has 0 saturated carbocycles. The van der Waals surface area contributed by atoms with E-state index in [0.29, 0.717) is 0 Å². The van der Waals surface area contributed by atoms with E-state index in [1.165, 1.54) is 11.1 Å². The standard InChI is InChI=1S/C34H56N2O4/c35-23-5-3-7-25-37-27-11-13-31-15-19-33(20-16-31)39-29-9-1-2-10-30-40-34-21-17-32(18-22-34)14-12-28-38-26-8-4-6-24-36/h15-22H,1-14,23-30,35-36H2. The summed E-state index contributed by atoms with van der Waals surface area (Å²) in [4.78, 5) is 0. The third-order valence-corrected chi connectivity index (χ3v) is 6.92. The molecule has 226 valence electrons. The van der Waals surface area contributed by atoms with Gasteiger partial charge in [-0.25, -0.2) is 0 Å². The fourth-order valence-corrected chi connectivity index (χ4v) is 4.45. The number of ether oxygens (including phenoxy) is 4. The van der Waals surface area contributed by atoms with Crippen LogP contribution >= 0.6 is 0 Å². The molecular weight excluding hydrogens is 500 g/mol. The van der Waals surface area contributed by atoms with Crippen molar-refractivity contribution in [2.45, 2.75) is 89.9 Å². The van der Waals surface area contributed by atoms with Gasteiger partial charge < -0.3 is 30.4 Å². The predicted molar refractivity (Wildman–Crippen MR) is 166 cm³/mol. The Morgan fingerprint density at radius 1 is 0.375 bits per heavy atom. The van der Waals surface area contributed by atoms with Gasteiger partial charge in [0, 0.05) is 26.4 Å². The second-order valence-electron chi connectivity index (χ2n) is 10.5. The van der Waals surface area contributed by atoms with Crippen LogP contribution in [0.5, 0.6) is 11.5 Å². The fraction of sp³-hybridized carbons (Fsp3) is 0.647. The third-order valence-electron chi connectivity index (χ3n) is 6.92. The second-order valence-corrected chi connectivity index (χ2v) is 10.5. The van der Waals surface area contributed by atoms with Crippen LogP contribution in [0.3, 0.4) is 0 Å². The van der Waals surface area contributed by atoms with Gasteiger partial charge in [-0.2, -0.15) is 0 Å². The molecule has 0 saturated heterocycles. The molecule has 2 rings (SSSR count). The van der Waals surface area contributed by atoms with Gasteiger partial charge >= 0.3 is 0 Å². The summed E-state index contributed by atoms with van der Waals surface area (Å²) in [5.74, 6) is 1.91. The number of hydrogen-bond donors (Lipinski definition) is 2. The first kappa shape index (κ1) is 34.1. The summed E-state index contributed by atoms with van der Waals surface area (Å²) in [5.41, 5.74) is 13.7. The zero-order chi connectivity index (χ0) is 28.4. The van der Waals surface area contributed by atoms with E-state index in [0.717, 1.165) is 154 Å². The number of unbranched alkanes of at least 4 members (excludes halogenated alkanes) is 7. The maximum Gasteiger partial charge on any atom is 0.119 e. The van der Waals surface area contributed by atoms with Crippen molar-refractivity contribution in [3.63, 3.8) is 0 Å². The van der Waals surface area contributed by atoms with E-state index in [-0.39, 0.29) is 0 Å². The normalized spacial score (nSPS) is 11.2. The first-order valence-corrected chi connectivity index (χ1v) is 15.8. The molecule has 0 aromatic heterocycles. The molecule has 0 atom stereocenters. The molecule has 0 fully saturated rings. The van der Waals surface area contributed by atoms with Crippen molar-refractivity contribution in [3.8, 4) is 11.5 Å². The highest BCUT2D eigenvalue weighted by Gasteiger charge is 2.00. The van der Waals surface area contributed by atoms with Crippen molar-refractivity contribution in [3.05, 3.63) is 59.7 Å². The van der Waals surface area contributed by atoms with Gasteiger partial charge in [-0.3, -0.25) is 0 Å². The Morgan fingerprint density at radius 2 is 0.725 bits per heavy atom. The van der Waals surface area contributed by atoms with Crippen LogP contribution < -0.4 is 20.9 Å². The minimum Gasteiger partial charge on any atom is -0.494 e. The molecule has 0 aliphatic rings. The molecule has 2 aromatic carbocycles. The van der Waals surface area contributed by atoms with E-state index in [1.54, 1.807) is 0 Å². The Bertz CT molecular complexity index is 744. The predicted octanol–water partition coefficient (Wildman–Crippen LogP) is 6.86. The van der Waals surface area contributed by atoms with Crippen LogP contribution in [0.4, 0.5) is 0 Å². The largest absolute Gasteiger partial charge is 0.494 e. The number of nitrogens with two attached hydrogens (primary N) is 2. The van der Waals surface area contributed by atoms with E-state index < -0.39 is 0 Å². The molecule has 0 bridgehead atoms. The topological polar surface area (TPSA) is 89.0 Å². The summed E-state index contributed by atoms with van der Waals surface area (Å²) < 4.78 is 23.2. The number of benzene rings is 2. The van der Waals surface area contributed by atoms with Crippen molar-refractivity contribution in [2.75, 3.05) is 52.7 Å². The monoisotopic (exact) mass is 556 g/mol.